The van der Waals surface area contributed by atoms with Gasteiger partial charge in [0.25, 0.3) is 5.91 Å². The highest BCUT2D eigenvalue weighted by atomic mass is 79.9. The van der Waals surface area contributed by atoms with E-state index < -0.39 is 5.91 Å². The zero-order valence-electron chi connectivity index (χ0n) is 10.2. The van der Waals surface area contributed by atoms with Crippen molar-refractivity contribution in [1.29, 1.82) is 5.26 Å². The molecule has 102 valence electrons. The van der Waals surface area contributed by atoms with Gasteiger partial charge in [0.2, 0.25) is 0 Å². The van der Waals surface area contributed by atoms with Crippen LogP contribution in [0.3, 0.4) is 0 Å². The van der Waals surface area contributed by atoms with Gasteiger partial charge >= 0.3 is 0 Å². The van der Waals surface area contributed by atoms with Gasteiger partial charge in [-0.15, -0.1) is 0 Å². The van der Waals surface area contributed by atoms with Crippen LogP contribution in [-0.2, 0) is 6.61 Å². The van der Waals surface area contributed by atoms with Crippen LogP contribution in [-0.4, -0.2) is 5.91 Å². The SMILES string of the molecule is N#Cc1cc(Br)ccc1OCc1occc1C(=O)NN. The van der Waals surface area contributed by atoms with Crippen molar-refractivity contribution in [2.45, 2.75) is 6.61 Å². The molecule has 1 heterocycles. The molecule has 0 saturated carbocycles. The molecule has 0 fully saturated rings. The van der Waals surface area contributed by atoms with E-state index in [4.69, 9.17) is 20.3 Å². The van der Waals surface area contributed by atoms with Crippen molar-refractivity contribution in [3.8, 4) is 11.8 Å². The van der Waals surface area contributed by atoms with Crippen LogP contribution < -0.4 is 16.0 Å². The molecular weight excluding hydrogens is 326 g/mol. The van der Waals surface area contributed by atoms with Gasteiger partial charge in [0.05, 0.1) is 17.4 Å². The number of nitriles is 1. The summed E-state index contributed by atoms with van der Waals surface area (Å²) in [6, 6.07) is 8.58. The van der Waals surface area contributed by atoms with Gasteiger partial charge in [-0.3, -0.25) is 10.2 Å². The fourth-order valence-electron chi connectivity index (χ4n) is 1.59. The Bertz CT molecular complexity index is 676. The number of ether oxygens (including phenoxy) is 1. The molecule has 0 atom stereocenters. The molecule has 3 N–H and O–H groups in total. The second-order valence-electron chi connectivity index (χ2n) is 3.77. The average Bonchev–Trinajstić information content (AvgIpc) is 2.93. The maximum Gasteiger partial charge on any atom is 0.268 e. The average molecular weight is 336 g/mol. The van der Waals surface area contributed by atoms with E-state index in [-0.39, 0.29) is 6.61 Å². The van der Waals surface area contributed by atoms with E-state index in [2.05, 4.69) is 15.9 Å². The predicted molar refractivity (Wildman–Crippen MR) is 73.6 cm³/mol. The normalized spacial score (nSPS) is 9.85. The summed E-state index contributed by atoms with van der Waals surface area (Å²) in [5.41, 5.74) is 2.70. The van der Waals surface area contributed by atoms with E-state index in [0.717, 1.165) is 4.47 Å². The van der Waals surface area contributed by atoms with E-state index in [1.165, 1.54) is 12.3 Å². The lowest BCUT2D eigenvalue weighted by Crippen LogP contribution is -2.30. The number of hydrazine groups is 1. The Morgan fingerprint density at radius 2 is 2.30 bits per heavy atom. The van der Waals surface area contributed by atoms with Crippen molar-refractivity contribution >= 4 is 21.8 Å². The number of rotatable bonds is 4. The minimum Gasteiger partial charge on any atom is -0.484 e. The monoisotopic (exact) mass is 335 g/mol. The molecule has 0 bridgehead atoms. The highest BCUT2D eigenvalue weighted by Crippen LogP contribution is 2.24. The number of hydrogen-bond donors (Lipinski definition) is 2. The third kappa shape index (κ3) is 2.99. The molecule has 0 saturated heterocycles. The first-order valence-electron chi connectivity index (χ1n) is 5.55. The maximum absolute atomic E-state index is 11.5. The highest BCUT2D eigenvalue weighted by Gasteiger charge is 2.14. The molecule has 1 amide bonds. The van der Waals surface area contributed by atoms with Gasteiger partial charge in [-0.1, -0.05) is 15.9 Å². The molecule has 0 spiro atoms. The van der Waals surface area contributed by atoms with Gasteiger partial charge < -0.3 is 9.15 Å². The van der Waals surface area contributed by atoms with Gasteiger partial charge in [0.1, 0.15) is 18.4 Å². The highest BCUT2D eigenvalue weighted by molar-refractivity contribution is 9.10. The maximum atomic E-state index is 11.5. The molecule has 0 unspecified atom stereocenters. The summed E-state index contributed by atoms with van der Waals surface area (Å²) in [5, 5.41) is 9.03. The fourth-order valence-corrected chi connectivity index (χ4v) is 1.95. The standard InChI is InChI=1S/C13H10BrN3O3/c14-9-1-2-11(8(5-9)6-15)20-7-12-10(3-4-19-12)13(18)17-16/h1-5H,7,16H2,(H,17,18). The molecule has 20 heavy (non-hydrogen) atoms. The Kier molecular flexibility index (Phi) is 4.40. The summed E-state index contributed by atoms with van der Waals surface area (Å²) in [5.74, 6) is 5.35. The quantitative estimate of drug-likeness (QED) is 0.506. The molecule has 0 aliphatic heterocycles. The lowest BCUT2D eigenvalue weighted by molar-refractivity contribution is 0.0949. The largest absolute Gasteiger partial charge is 0.484 e. The Labute approximate surface area is 123 Å². The van der Waals surface area contributed by atoms with E-state index >= 15 is 0 Å². The number of hydrogen-bond acceptors (Lipinski definition) is 5. The minimum absolute atomic E-state index is 0.0199. The summed E-state index contributed by atoms with van der Waals surface area (Å²) in [6.45, 7) is 0.0199. The number of halogens is 1. The number of benzene rings is 1. The molecular formula is C13H10BrN3O3. The number of carbonyl (C=O) groups is 1. The molecule has 1 aromatic carbocycles. The van der Waals surface area contributed by atoms with Crippen molar-refractivity contribution in [1.82, 2.24) is 5.43 Å². The van der Waals surface area contributed by atoms with Crippen molar-refractivity contribution in [2.75, 3.05) is 0 Å². The van der Waals surface area contributed by atoms with Crippen molar-refractivity contribution in [2.24, 2.45) is 5.84 Å². The van der Waals surface area contributed by atoms with Gasteiger partial charge in [0.15, 0.2) is 5.76 Å². The Morgan fingerprint density at radius 3 is 3.00 bits per heavy atom. The fraction of sp³-hybridized carbons (Fsp3) is 0.0769. The molecule has 2 aromatic rings. The van der Waals surface area contributed by atoms with Gasteiger partial charge in [-0.25, -0.2) is 5.84 Å². The molecule has 1 aromatic heterocycles. The number of furan rings is 1. The van der Waals surface area contributed by atoms with Crippen LogP contribution in [0.15, 0.2) is 39.4 Å². The Hall–Kier alpha value is -2.30. The van der Waals surface area contributed by atoms with Crippen LogP contribution >= 0.6 is 15.9 Å². The number of amides is 1. The zero-order valence-corrected chi connectivity index (χ0v) is 11.8. The van der Waals surface area contributed by atoms with E-state index in [0.29, 0.717) is 22.6 Å². The number of nitrogens with two attached hydrogens (primary N) is 1. The van der Waals surface area contributed by atoms with Crippen LogP contribution in [0.25, 0.3) is 0 Å². The zero-order chi connectivity index (χ0) is 14.5. The second-order valence-corrected chi connectivity index (χ2v) is 4.69. The van der Waals surface area contributed by atoms with Crippen LogP contribution in [0.1, 0.15) is 21.7 Å². The summed E-state index contributed by atoms with van der Waals surface area (Å²) < 4.78 is 11.5. The third-order valence-corrected chi connectivity index (χ3v) is 3.04. The summed E-state index contributed by atoms with van der Waals surface area (Å²) in [6.07, 6.45) is 1.37. The number of nitrogens with one attached hydrogen (secondary N) is 1. The Morgan fingerprint density at radius 1 is 1.50 bits per heavy atom. The first kappa shape index (κ1) is 14.1. The summed E-state index contributed by atoms with van der Waals surface area (Å²) >= 11 is 3.27. The van der Waals surface area contributed by atoms with Crippen LogP contribution in [0.5, 0.6) is 5.75 Å². The lowest BCUT2D eigenvalue weighted by Gasteiger charge is -2.07. The smallest absolute Gasteiger partial charge is 0.268 e. The molecule has 2 rings (SSSR count). The number of carbonyl (C=O) groups excluding carboxylic acids is 1. The van der Waals surface area contributed by atoms with Crippen LogP contribution in [0.2, 0.25) is 0 Å². The van der Waals surface area contributed by atoms with Gasteiger partial charge in [-0.2, -0.15) is 5.26 Å². The molecule has 6 nitrogen and oxygen atoms in total. The van der Waals surface area contributed by atoms with E-state index in [9.17, 15) is 4.79 Å². The number of nitrogens with zero attached hydrogens (tertiary/aromatic N) is 1. The van der Waals surface area contributed by atoms with Gasteiger partial charge in [0, 0.05) is 4.47 Å². The third-order valence-electron chi connectivity index (χ3n) is 2.54. The van der Waals surface area contributed by atoms with E-state index in [1.54, 1.807) is 18.2 Å². The Balaban J connectivity index is 2.16. The molecule has 0 aliphatic rings. The topological polar surface area (TPSA) is 101 Å². The van der Waals surface area contributed by atoms with Crippen LogP contribution in [0.4, 0.5) is 0 Å². The summed E-state index contributed by atoms with van der Waals surface area (Å²) in [4.78, 5) is 11.5. The van der Waals surface area contributed by atoms with E-state index in [1.807, 2.05) is 11.5 Å². The van der Waals surface area contributed by atoms with Crippen LogP contribution in [0, 0.1) is 11.3 Å². The minimum atomic E-state index is -0.464. The first-order valence-corrected chi connectivity index (χ1v) is 6.34. The summed E-state index contributed by atoms with van der Waals surface area (Å²) in [7, 11) is 0. The predicted octanol–water partition coefficient (Wildman–Crippen LogP) is 2.10. The second kappa shape index (κ2) is 6.23. The molecule has 0 radical (unpaired) electrons. The van der Waals surface area contributed by atoms with Crippen molar-refractivity contribution in [3.05, 3.63) is 51.9 Å². The molecule has 7 heteroatoms. The van der Waals surface area contributed by atoms with Crippen molar-refractivity contribution in [3.63, 3.8) is 0 Å². The first-order chi connectivity index (χ1) is 9.65. The van der Waals surface area contributed by atoms with Gasteiger partial charge in [-0.05, 0) is 24.3 Å². The lowest BCUT2D eigenvalue weighted by atomic mass is 10.2. The number of nitrogen functional groups attached to an aromatic ring is 1. The molecule has 0 aliphatic carbocycles. The van der Waals surface area contributed by atoms with Crippen molar-refractivity contribution < 1.29 is 13.9 Å².